The number of ether oxygens (including phenoxy) is 1. The molecule has 0 aliphatic rings. The number of methoxy groups -OCH3 is 1. The van der Waals surface area contributed by atoms with Crippen molar-refractivity contribution in [2.75, 3.05) is 18.0 Å². The van der Waals surface area contributed by atoms with E-state index in [-0.39, 0.29) is 4.90 Å². The molecule has 0 aliphatic heterocycles. The van der Waals surface area contributed by atoms with Gasteiger partial charge in [-0.2, -0.15) is 5.10 Å². The number of carbonyl (C=O) groups is 1. The van der Waals surface area contributed by atoms with Crippen molar-refractivity contribution in [1.82, 2.24) is 5.43 Å². The van der Waals surface area contributed by atoms with Gasteiger partial charge in [0, 0.05) is 5.71 Å². The first-order valence-electron chi connectivity index (χ1n) is 10.5. The fourth-order valence-electron chi connectivity index (χ4n) is 3.13. The van der Waals surface area contributed by atoms with E-state index >= 15 is 0 Å². The molecule has 0 radical (unpaired) electrons. The number of aryl methyl sites for hydroxylation is 1. The van der Waals surface area contributed by atoms with Crippen molar-refractivity contribution in [2.45, 2.75) is 24.7 Å². The van der Waals surface area contributed by atoms with Crippen molar-refractivity contribution >= 4 is 27.3 Å². The Hall–Kier alpha value is -3.65. The molecule has 3 aromatic carbocycles. The lowest BCUT2D eigenvalue weighted by Crippen LogP contribution is -2.39. The van der Waals surface area contributed by atoms with E-state index in [9.17, 15) is 13.2 Å². The molecule has 8 heteroatoms. The fraction of sp³-hybridized carbons (Fsp3) is 0.200. The van der Waals surface area contributed by atoms with E-state index in [1.807, 2.05) is 37.3 Å². The number of rotatable bonds is 10. The van der Waals surface area contributed by atoms with Crippen LogP contribution in [0, 0.1) is 0 Å². The standard InChI is InChI=1S/C25H27N3O4S/c1-20(13-14-21-9-5-3-6-10-21)26-27-25(29)19-28(22-15-17-23(32-2)18-16-22)33(30,31)24-11-7-4-8-12-24/h3-12,15-18H,13-14,19H2,1-2H3,(H,27,29)/b26-20+. The average Bonchev–Trinajstić information content (AvgIpc) is 2.86. The molecule has 0 heterocycles. The van der Waals surface area contributed by atoms with Crippen LogP contribution in [0.1, 0.15) is 18.9 Å². The molecule has 0 spiro atoms. The van der Waals surface area contributed by atoms with E-state index in [2.05, 4.69) is 10.5 Å². The minimum Gasteiger partial charge on any atom is -0.497 e. The van der Waals surface area contributed by atoms with Crippen molar-refractivity contribution < 1.29 is 17.9 Å². The molecule has 0 fully saturated rings. The second-order valence-electron chi connectivity index (χ2n) is 7.39. The lowest BCUT2D eigenvalue weighted by molar-refractivity contribution is -0.119. The van der Waals surface area contributed by atoms with Crippen LogP contribution < -0.4 is 14.5 Å². The Labute approximate surface area is 194 Å². The van der Waals surface area contributed by atoms with Crippen molar-refractivity contribution in [2.24, 2.45) is 5.10 Å². The van der Waals surface area contributed by atoms with E-state index in [0.29, 0.717) is 17.9 Å². The Bertz CT molecular complexity index is 1180. The topological polar surface area (TPSA) is 88.1 Å². The Morgan fingerprint density at radius 1 is 0.939 bits per heavy atom. The molecule has 3 aromatic rings. The summed E-state index contributed by atoms with van der Waals surface area (Å²) < 4.78 is 32.8. The maximum Gasteiger partial charge on any atom is 0.264 e. The lowest BCUT2D eigenvalue weighted by Gasteiger charge is -2.24. The van der Waals surface area contributed by atoms with Crippen molar-refractivity contribution in [1.29, 1.82) is 0 Å². The van der Waals surface area contributed by atoms with Crippen molar-refractivity contribution in [3.8, 4) is 5.75 Å². The van der Waals surface area contributed by atoms with Gasteiger partial charge in [0.25, 0.3) is 15.9 Å². The van der Waals surface area contributed by atoms with E-state index in [1.54, 1.807) is 42.5 Å². The van der Waals surface area contributed by atoms with Crippen LogP contribution in [0.2, 0.25) is 0 Å². The van der Waals surface area contributed by atoms with E-state index in [0.717, 1.165) is 16.4 Å². The third-order valence-corrected chi connectivity index (χ3v) is 6.76. The summed E-state index contributed by atoms with van der Waals surface area (Å²) in [6.45, 7) is 1.41. The number of hydrogen-bond acceptors (Lipinski definition) is 5. The summed E-state index contributed by atoms with van der Waals surface area (Å²) in [5.74, 6) is 0.0447. The molecule has 0 saturated heterocycles. The van der Waals surface area contributed by atoms with Gasteiger partial charge in [0.05, 0.1) is 17.7 Å². The van der Waals surface area contributed by atoms with Crippen LogP contribution in [0.4, 0.5) is 5.69 Å². The van der Waals surface area contributed by atoms with Crippen LogP contribution >= 0.6 is 0 Å². The number of amides is 1. The number of sulfonamides is 1. The van der Waals surface area contributed by atoms with Crippen LogP contribution in [0.25, 0.3) is 0 Å². The number of hydrazone groups is 1. The second kappa shape index (κ2) is 11.3. The van der Waals surface area contributed by atoms with Gasteiger partial charge in [-0.05, 0) is 61.7 Å². The molecule has 0 aliphatic carbocycles. The summed E-state index contributed by atoms with van der Waals surface area (Å²) in [7, 11) is -2.44. The SMILES string of the molecule is COc1ccc(N(CC(=O)N/N=C(\C)CCc2ccccc2)S(=O)(=O)c2ccccc2)cc1. The highest BCUT2D eigenvalue weighted by Gasteiger charge is 2.27. The summed E-state index contributed by atoms with van der Waals surface area (Å²) in [5.41, 5.74) is 4.75. The maximum absolute atomic E-state index is 13.3. The molecule has 0 unspecified atom stereocenters. The quantitative estimate of drug-likeness (QED) is 0.362. The summed E-state index contributed by atoms with van der Waals surface area (Å²) in [6, 6.07) is 24.5. The number of carbonyl (C=O) groups excluding carboxylic acids is 1. The van der Waals surface area contributed by atoms with Crippen LogP contribution in [-0.4, -0.2) is 33.7 Å². The first-order valence-corrected chi connectivity index (χ1v) is 11.9. The Morgan fingerprint density at radius 3 is 2.15 bits per heavy atom. The third-order valence-electron chi connectivity index (χ3n) is 4.97. The predicted octanol–water partition coefficient (Wildman–Crippen LogP) is 4.02. The van der Waals surface area contributed by atoms with Gasteiger partial charge < -0.3 is 4.74 Å². The minimum atomic E-state index is -3.97. The Balaban J connectivity index is 1.74. The summed E-state index contributed by atoms with van der Waals surface area (Å²) in [4.78, 5) is 12.8. The van der Waals surface area contributed by atoms with Gasteiger partial charge in [0.15, 0.2) is 0 Å². The molecule has 7 nitrogen and oxygen atoms in total. The van der Waals surface area contributed by atoms with E-state index in [4.69, 9.17) is 4.74 Å². The smallest absolute Gasteiger partial charge is 0.264 e. The van der Waals surface area contributed by atoms with Crippen molar-refractivity contribution in [3.63, 3.8) is 0 Å². The Kier molecular flexibility index (Phi) is 8.21. The second-order valence-corrected chi connectivity index (χ2v) is 9.25. The fourth-order valence-corrected chi connectivity index (χ4v) is 4.57. The highest BCUT2D eigenvalue weighted by atomic mass is 32.2. The molecule has 33 heavy (non-hydrogen) atoms. The predicted molar refractivity (Wildman–Crippen MR) is 130 cm³/mol. The first-order chi connectivity index (χ1) is 15.9. The summed E-state index contributed by atoms with van der Waals surface area (Å²) in [6.07, 6.45) is 1.47. The van der Waals surface area contributed by atoms with Crippen LogP contribution in [0.15, 0.2) is 94.9 Å². The average molecular weight is 466 g/mol. The zero-order chi connectivity index (χ0) is 23.7. The van der Waals surface area contributed by atoms with Crippen molar-refractivity contribution in [3.05, 3.63) is 90.5 Å². The van der Waals surface area contributed by atoms with Gasteiger partial charge in [-0.3, -0.25) is 9.10 Å². The van der Waals surface area contributed by atoms with Crippen LogP contribution in [0.3, 0.4) is 0 Å². The maximum atomic E-state index is 13.3. The molecule has 1 amide bonds. The number of anilines is 1. The monoisotopic (exact) mass is 465 g/mol. The highest BCUT2D eigenvalue weighted by Crippen LogP contribution is 2.25. The summed E-state index contributed by atoms with van der Waals surface area (Å²) in [5, 5.41) is 4.14. The van der Waals surface area contributed by atoms with Gasteiger partial charge in [-0.25, -0.2) is 13.8 Å². The molecule has 3 rings (SSSR count). The number of benzene rings is 3. The zero-order valence-electron chi connectivity index (χ0n) is 18.6. The lowest BCUT2D eigenvalue weighted by atomic mass is 10.1. The third kappa shape index (κ3) is 6.66. The molecule has 0 bridgehead atoms. The number of hydrogen-bond donors (Lipinski definition) is 1. The molecule has 1 N–H and O–H groups in total. The number of nitrogens with one attached hydrogen (secondary N) is 1. The molecule has 0 atom stereocenters. The largest absolute Gasteiger partial charge is 0.497 e. The molecular formula is C25H27N3O4S. The molecule has 0 aromatic heterocycles. The van der Waals surface area contributed by atoms with Gasteiger partial charge in [0.2, 0.25) is 0 Å². The zero-order valence-corrected chi connectivity index (χ0v) is 19.5. The number of nitrogens with zero attached hydrogens (tertiary/aromatic N) is 2. The van der Waals surface area contributed by atoms with Crippen LogP contribution in [0.5, 0.6) is 5.75 Å². The van der Waals surface area contributed by atoms with Gasteiger partial charge >= 0.3 is 0 Å². The van der Waals surface area contributed by atoms with Crippen LogP contribution in [-0.2, 0) is 21.2 Å². The van der Waals surface area contributed by atoms with Gasteiger partial charge in [0.1, 0.15) is 12.3 Å². The summed E-state index contributed by atoms with van der Waals surface area (Å²) >= 11 is 0. The van der Waals surface area contributed by atoms with Gasteiger partial charge in [-0.15, -0.1) is 0 Å². The normalized spacial score (nSPS) is 11.6. The van der Waals surface area contributed by atoms with E-state index < -0.39 is 22.5 Å². The van der Waals surface area contributed by atoms with Gasteiger partial charge in [-0.1, -0.05) is 48.5 Å². The molecule has 172 valence electrons. The minimum absolute atomic E-state index is 0.0937. The highest BCUT2D eigenvalue weighted by molar-refractivity contribution is 7.92. The molecule has 0 saturated carbocycles. The Morgan fingerprint density at radius 2 is 1.55 bits per heavy atom. The molecular weight excluding hydrogens is 438 g/mol. The first kappa shape index (κ1) is 24.0. The van der Waals surface area contributed by atoms with E-state index in [1.165, 1.54) is 24.8 Å².